The van der Waals surface area contributed by atoms with Gasteiger partial charge >= 0.3 is 0 Å². The zero-order valence-corrected chi connectivity index (χ0v) is 21.9. The number of aromatic nitrogens is 1. The minimum Gasteiger partial charge on any atom is -0.339 e. The number of amides is 1. The molecule has 3 fully saturated rings. The van der Waals surface area contributed by atoms with Gasteiger partial charge in [-0.25, -0.2) is 8.78 Å². The summed E-state index contributed by atoms with van der Waals surface area (Å²) in [5, 5.41) is 3.56. The quantitative estimate of drug-likeness (QED) is 0.573. The normalized spacial score (nSPS) is 33.3. The highest BCUT2D eigenvalue weighted by Crippen LogP contribution is 2.48. The van der Waals surface area contributed by atoms with Crippen LogP contribution < -0.4 is 5.32 Å². The lowest BCUT2D eigenvalue weighted by Crippen LogP contribution is -2.56. The number of hydrogen-bond donors (Lipinski definition) is 1. The van der Waals surface area contributed by atoms with E-state index in [-0.39, 0.29) is 42.0 Å². The van der Waals surface area contributed by atoms with E-state index in [0.29, 0.717) is 25.4 Å². The molecule has 1 saturated carbocycles. The number of rotatable bonds is 3. The summed E-state index contributed by atoms with van der Waals surface area (Å²) < 4.78 is 29.2. The summed E-state index contributed by atoms with van der Waals surface area (Å²) in [4.78, 5) is 21.4. The molecular weight excluding hydrogens is 468 g/mol. The molecule has 0 bridgehead atoms. The fourth-order valence-electron chi connectivity index (χ4n) is 8.07. The second kappa shape index (κ2) is 9.76. The third-order valence-electron chi connectivity index (χ3n) is 9.86. The molecule has 6 rings (SSSR count). The van der Waals surface area contributed by atoms with Gasteiger partial charge in [0.25, 0.3) is 0 Å². The number of fused-ring (bicyclic) bond motifs is 2. The van der Waals surface area contributed by atoms with Gasteiger partial charge in [0.15, 0.2) is 0 Å². The van der Waals surface area contributed by atoms with E-state index in [0.717, 1.165) is 56.5 Å². The van der Waals surface area contributed by atoms with Crippen LogP contribution in [-0.4, -0.2) is 47.4 Å². The van der Waals surface area contributed by atoms with Gasteiger partial charge in [-0.1, -0.05) is 36.4 Å². The van der Waals surface area contributed by atoms with Crippen molar-refractivity contribution in [3.63, 3.8) is 0 Å². The lowest BCUT2D eigenvalue weighted by Gasteiger charge is -2.48. The summed E-state index contributed by atoms with van der Waals surface area (Å²) >= 11 is 0. The van der Waals surface area contributed by atoms with Crippen LogP contribution in [0.2, 0.25) is 0 Å². The Morgan fingerprint density at radius 3 is 2.73 bits per heavy atom. The monoisotopic (exact) mass is 507 g/mol. The van der Waals surface area contributed by atoms with Crippen LogP contribution >= 0.6 is 0 Å². The lowest BCUT2D eigenvalue weighted by atomic mass is 9.64. The number of nitrogens with zero attached hydrogens (tertiary/aromatic N) is 2. The first-order valence-corrected chi connectivity index (χ1v) is 14.3. The van der Waals surface area contributed by atoms with E-state index in [2.05, 4.69) is 46.6 Å². The molecule has 2 aliphatic carbocycles. The molecule has 5 atom stereocenters. The molecule has 0 radical (unpaired) electrons. The predicted molar refractivity (Wildman–Crippen MR) is 141 cm³/mol. The van der Waals surface area contributed by atoms with Crippen molar-refractivity contribution in [3.8, 4) is 0 Å². The number of benzene rings is 1. The molecule has 6 heteroatoms. The van der Waals surface area contributed by atoms with Gasteiger partial charge in [-0.2, -0.15) is 0 Å². The van der Waals surface area contributed by atoms with Gasteiger partial charge in [0.1, 0.15) is 0 Å². The molecule has 37 heavy (non-hydrogen) atoms. The Morgan fingerprint density at radius 2 is 1.92 bits per heavy atom. The lowest BCUT2D eigenvalue weighted by molar-refractivity contribution is -0.145. The molecule has 1 aromatic heterocycles. The van der Waals surface area contributed by atoms with Crippen molar-refractivity contribution in [2.45, 2.75) is 88.0 Å². The maximum atomic E-state index is 14.6. The van der Waals surface area contributed by atoms with Crippen LogP contribution in [-0.2, 0) is 16.6 Å². The van der Waals surface area contributed by atoms with Crippen molar-refractivity contribution in [1.29, 1.82) is 0 Å². The van der Waals surface area contributed by atoms with Crippen molar-refractivity contribution >= 4 is 5.91 Å². The number of nitrogens with one attached hydrogen (secondary N) is 1. The van der Waals surface area contributed by atoms with Gasteiger partial charge in [0.2, 0.25) is 11.8 Å². The van der Waals surface area contributed by atoms with E-state index >= 15 is 0 Å². The first-order valence-electron chi connectivity index (χ1n) is 14.3. The number of aryl methyl sites for hydroxylation is 2. The number of halogens is 2. The van der Waals surface area contributed by atoms with Gasteiger partial charge in [-0.3, -0.25) is 9.78 Å². The van der Waals surface area contributed by atoms with E-state index in [1.807, 2.05) is 13.0 Å². The van der Waals surface area contributed by atoms with Crippen LogP contribution in [0.1, 0.15) is 79.8 Å². The highest BCUT2D eigenvalue weighted by molar-refractivity contribution is 5.82. The van der Waals surface area contributed by atoms with Crippen LogP contribution in [0, 0.1) is 18.8 Å². The number of piperidine rings is 1. The molecule has 2 saturated heterocycles. The zero-order valence-electron chi connectivity index (χ0n) is 21.9. The van der Waals surface area contributed by atoms with E-state index in [1.54, 1.807) is 0 Å². The average Bonchev–Trinajstić information content (AvgIpc) is 3.31. The van der Waals surface area contributed by atoms with E-state index in [9.17, 15) is 13.6 Å². The Labute approximate surface area is 219 Å². The molecule has 2 aromatic rings. The molecule has 1 aromatic carbocycles. The molecule has 198 valence electrons. The highest BCUT2D eigenvalue weighted by atomic mass is 19.3. The Kier molecular flexibility index (Phi) is 6.58. The number of carbonyl (C=O) groups excluding carboxylic acids is 1. The van der Waals surface area contributed by atoms with E-state index in [4.69, 9.17) is 4.98 Å². The Hall–Kier alpha value is -2.34. The SMILES string of the molecule is Cc1ccc2c(n1)CCC[C@]21CNC[C@H]1C(=O)N1CC[C@@H](c2ccccc2)C[C@H]1C1CCCC(F)(F)C1. The zero-order chi connectivity index (χ0) is 25.6. The van der Waals surface area contributed by atoms with Crippen molar-refractivity contribution in [2.75, 3.05) is 19.6 Å². The van der Waals surface area contributed by atoms with Crippen LogP contribution in [0.25, 0.3) is 0 Å². The molecule has 1 unspecified atom stereocenters. The van der Waals surface area contributed by atoms with Gasteiger partial charge in [0, 0.05) is 55.3 Å². The van der Waals surface area contributed by atoms with Crippen molar-refractivity contribution in [2.24, 2.45) is 11.8 Å². The number of alkyl halides is 2. The summed E-state index contributed by atoms with van der Waals surface area (Å²) in [6.07, 6.45) is 5.84. The van der Waals surface area contributed by atoms with Crippen LogP contribution in [0.5, 0.6) is 0 Å². The predicted octanol–water partition coefficient (Wildman–Crippen LogP) is 5.78. The van der Waals surface area contributed by atoms with E-state index < -0.39 is 5.92 Å². The smallest absolute Gasteiger partial charge is 0.248 e. The topological polar surface area (TPSA) is 45.2 Å². The Balaban J connectivity index is 1.32. The van der Waals surface area contributed by atoms with Gasteiger partial charge in [-0.15, -0.1) is 0 Å². The maximum Gasteiger partial charge on any atom is 0.248 e. The molecule has 4 aliphatic rings. The van der Waals surface area contributed by atoms with Gasteiger partial charge in [0.05, 0.1) is 5.92 Å². The van der Waals surface area contributed by atoms with Gasteiger partial charge < -0.3 is 10.2 Å². The Morgan fingerprint density at radius 1 is 1.08 bits per heavy atom. The minimum absolute atomic E-state index is 0.0227. The van der Waals surface area contributed by atoms with Crippen molar-refractivity contribution < 1.29 is 13.6 Å². The fraction of sp³-hybridized carbons (Fsp3) is 0.613. The summed E-state index contributed by atoms with van der Waals surface area (Å²) in [6.45, 7) is 4.11. The second-order valence-corrected chi connectivity index (χ2v) is 12.1. The van der Waals surface area contributed by atoms with Crippen molar-refractivity contribution in [3.05, 3.63) is 65.0 Å². The third-order valence-corrected chi connectivity index (χ3v) is 9.86. The Bertz CT molecular complexity index is 1140. The summed E-state index contributed by atoms with van der Waals surface area (Å²) in [5.74, 6) is -2.46. The number of carbonyl (C=O) groups is 1. The molecule has 2 aliphatic heterocycles. The van der Waals surface area contributed by atoms with Crippen LogP contribution in [0.3, 0.4) is 0 Å². The minimum atomic E-state index is -2.63. The molecule has 3 heterocycles. The standard InChI is InChI=1S/C31H39F2N3O/c1-21-11-12-25-27(35-21)10-6-14-30(25)20-34-19-26(30)29(37)36-16-13-23(22-7-3-2-4-8-22)17-28(36)24-9-5-15-31(32,33)18-24/h2-4,7-8,11-12,23-24,26,28,34H,5-6,9-10,13-20H2,1H3/t23-,24?,26+,28+,30+/m1/s1. The number of pyridine rings is 1. The van der Waals surface area contributed by atoms with Gasteiger partial charge in [-0.05, 0) is 80.9 Å². The maximum absolute atomic E-state index is 14.6. The fourth-order valence-corrected chi connectivity index (χ4v) is 8.07. The first-order chi connectivity index (χ1) is 17.9. The largest absolute Gasteiger partial charge is 0.339 e. The highest BCUT2D eigenvalue weighted by Gasteiger charge is 2.53. The molecule has 4 nitrogen and oxygen atoms in total. The summed E-state index contributed by atoms with van der Waals surface area (Å²) in [7, 11) is 0. The van der Waals surface area contributed by atoms with E-state index in [1.165, 1.54) is 11.1 Å². The molecular formula is C31H39F2N3O. The second-order valence-electron chi connectivity index (χ2n) is 12.1. The summed E-state index contributed by atoms with van der Waals surface area (Å²) in [6, 6.07) is 14.6. The molecule has 1 spiro atoms. The first kappa shape index (κ1) is 25.0. The molecule has 1 amide bonds. The van der Waals surface area contributed by atoms with Crippen LogP contribution in [0.4, 0.5) is 8.78 Å². The number of likely N-dealkylation sites (tertiary alicyclic amines) is 1. The van der Waals surface area contributed by atoms with Crippen LogP contribution in [0.15, 0.2) is 42.5 Å². The van der Waals surface area contributed by atoms with Crippen molar-refractivity contribution in [1.82, 2.24) is 15.2 Å². The summed E-state index contributed by atoms with van der Waals surface area (Å²) in [5.41, 5.74) is 4.41. The third kappa shape index (κ3) is 4.60. The average molecular weight is 508 g/mol. The number of hydrogen-bond acceptors (Lipinski definition) is 3. The molecule has 1 N–H and O–H groups in total.